The van der Waals surface area contributed by atoms with E-state index in [1.807, 2.05) is 13.0 Å². The lowest BCUT2D eigenvalue weighted by molar-refractivity contribution is -0.146. The monoisotopic (exact) mass is 350 g/mol. The lowest BCUT2D eigenvalue weighted by Crippen LogP contribution is -2.42. The summed E-state index contributed by atoms with van der Waals surface area (Å²) in [6.07, 6.45) is -0.0465. The van der Waals surface area contributed by atoms with Crippen molar-refractivity contribution in [1.82, 2.24) is 10.2 Å². The fourth-order valence-corrected chi connectivity index (χ4v) is 2.54. The molecule has 0 aromatic heterocycles. The fourth-order valence-electron chi connectivity index (χ4n) is 2.54. The summed E-state index contributed by atoms with van der Waals surface area (Å²) < 4.78 is 5.58. The van der Waals surface area contributed by atoms with Crippen molar-refractivity contribution in [2.75, 3.05) is 13.2 Å². The average Bonchev–Trinajstić information content (AvgIpc) is 2.52. The Labute approximate surface area is 148 Å². The van der Waals surface area contributed by atoms with Crippen LogP contribution in [0.3, 0.4) is 0 Å². The van der Waals surface area contributed by atoms with Gasteiger partial charge in [-0.15, -0.1) is 0 Å². The maximum Gasteiger partial charge on any atom is 0.323 e. The molecule has 7 nitrogen and oxygen atoms in total. The van der Waals surface area contributed by atoms with Gasteiger partial charge < -0.3 is 20.1 Å². The van der Waals surface area contributed by atoms with Crippen LogP contribution in [0.25, 0.3) is 0 Å². The number of carbonyl (C=O) groups is 3. The number of carbonyl (C=O) groups excluding carboxylic acids is 2. The molecule has 0 saturated heterocycles. The first-order valence-corrected chi connectivity index (χ1v) is 8.26. The first kappa shape index (κ1) is 20.5. The highest BCUT2D eigenvalue weighted by atomic mass is 16.5. The van der Waals surface area contributed by atoms with E-state index in [-0.39, 0.29) is 30.8 Å². The van der Waals surface area contributed by atoms with Crippen molar-refractivity contribution in [3.8, 4) is 5.75 Å². The lowest BCUT2D eigenvalue weighted by atomic mass is 10.0. The number of amides is 2. The number of aliphatic carboxylic acids is 1. The fraction of sp³-hybridized carbons (Fsp3) is 0.500. The first-order valence-electron chi connectivity index (χ1n) is 8.26. The van der Waals surface area contributed by atoms with Crippen molar-refractivity contribution in [1.29, 1.82) is 0 Å². The molecule has 0 aliphatic carbocycles. The molecule has 0 bridgehead atoms. The van der Waals surface area contributed by atoms with E-state index in [0.717, 1.165) is 0 Å². The molecule has 2 N–H and O–H groups in total. The largest absolute Gasteiger partial charge is 0.494 e. The molecule has 7 heteroatoms. The Kier molecular flexibility index (Phi) is 7.91. The predicted molar refractivity (Wildman–Crippen MR) is 93.3 cm³/mol. The highest BCUT2D eigenvalue weighted by Gasteiger charge is 2.26. The maximum absolute atomic E-state index is 12.6. The van der Waals surface area contributed by atoms with Gasteiger partial charge in [-0.25, -0.2) is 0 Å². The van der Waals surface area contributed by atoms with Gasteiger partial charge >= 0.3 is 5.97 Å². The summed E-state index contributed by atoms with van der Waals surface area (Å²) in [4.78, 5) is 36.5. The normalized spacial score (nSPS) is 11.7. The topological polar surface area (TPSA) is 95.9 Å². The van der Waals surface area contributed by atoms with E-state index >= 15 is 0 Å². The molecule has 0 radical (unpaired) electrons. The van der Waals surface area contributed by atoms with Crippen molar-refractivity contribution < 1.29 is 24.2 Å². The van der Waals surface area contributed by atoms with Crippen LogP contribution in [-0.2, 0) is 14.4 Å². The second-order valence-electron chi connectivity index (χ2n) is 5.94. The minimum absolute atomic E-state index is 0.0465. The third-order valence-electron chi connectivity index (χ3n) is 3.60. The molecule has 1 atom stereocenters. The Hall–Kier alpha value is -2.57. The van der Waals surface area contributed by atoms with Crippen molar-refractivity contribution >= 4 is 17.8 Å². The van der Waals surface area contributed by atoms with Gasteiger partial charge in [0, 0.05) is 18.5 Å². The zero-order valence-electron chi connectivity index (χ0n) is 15.1. The molecular formula is C18H26N2O5. The van der Waals surface area contributed by atoms with Crippen LogP contribution in [0.4, 0.5) is 0 Å². The number of carboxylic acid groups (broad SMARTS) is 1. The lowest BCUT2D eigenvalue weighted by Gasteiger charge is -2.28. The summed E-state index contributed by atoms with van der Waals surface area (Å²) in [5.41, 5.74) is 0.687. The summed E-state index contributed by atoms with van der Waals surface area (Å²) in [5.74, 6) is -1.11. The Bertz CT molecular complexity index is 615. The van der Waals surface area contributed by atoms with Crippen LogP contribution < -0.4 is 10.1 Å². The van der Waals surface area contributed by atoms with Crippen LogP contribution in [0.15, 0.2) is 24.3 Å². The van der Waals surface area contributed by atoms with Gasteiger partial charge in [0.05, 0.1) is 19.1 Å². The van der Waals surface area contributed by atoms with E-state index in [0.29, 0.717) is 17.9 Å². The van der Waals surface area contributed by atoms with Crippen LogP contribution in [0, 0.1) is 0 Å². The molecule has 25 heavy (non-hydrogen) atoms. The van der Waals surface area contributed by atoms with Crippen molar-refractivity contribution in [3.63, 3.8) is 0 Å². The van der Waals surface area contributed by atoms with E-state index in [2.05, 4.69) is 5.32 Å². The molecule has 0 saturated carbocycles. The number of rotatable bonds is 9. The third-order valence-corrected chi connectivity index (χ3v) is 3.60. The van der Waals surface area contributed by atoms with Crippen LogP contribution >= 0.6 is 0 Å². The molecule has 1 unspecified atom stereocenters. The van der Waals surface area contributed by atoms with Crippen molar-refractivity contribution in [2.45, 2.75) is 46.2 Å². The molecule has 0 spiro atoms. The molecule has 0 aliphatic rings. The van der Waals surface area contributed by atoms with Gasteiger partial charge in [0.1, 0.15) is 12.3 Å². The summed E-state index contributed by atoms with van der Waals surface area (Å²) in [5, 5.41) is 11.8. The number of nitrogens with one attached hydrogen (secondary N) is 1. The molecule has 1 aromatic rings. The highest BCUT2D eigenvalue weighted by molar-refractivity contribution is 5.83. The highest BCUT2D eigenvalue weighted by Crippen LogP contribution is 2.28. The van der Waals surface area contributed by atoms with E-state index in [9.17, 15) is 14.4 Å². The standard InChI is InChI=1S/C18H26N2O5/c1-5-25-16-9-7-6-8-14(16)15(19-13(4)21)10-17(22)20(12(2)3)11-18(23)24/h6-9,12,15H,5,10-11H2,1-4H3,(H,19,21)(H,23,24). The van der Waals surface area contributed by atoms with Gasteiger partial charge in [0.15, 0.2) is 0 Å². The van der Waals surface area contributed by atoms with Gasteiger partial charge in [-0.3, -0.25) is 14.4 Å². The maximum atomic E-state index is 12.6. The van der Waals surface area contributed by atoms with Gasteiger partial charge in [0.25, 0.3) is 0 Å². The van der Waals surface area contributed by atoms with Gasteiger partial charge in [0.2, 0.25) is 11.8 Å². The average molecular weight is 350 g/mol. The number of para-hydroxylation sites is 1. The predicted octanol–water partition coefficient (Wildman–Crippen LogP) is 1.97. The summed E-state index contributed by atoms with van der Waals surface area (Å²) >= 11 is 0. The van der Waals surface area contributed by atoms with E-state index < -0.39 is 12.0 Å². The van der Waals surface area contributed by atoms with Gasteiger partial charge in [-0.2, -0.15) is 0 Å². The van der Waals surface area contributed by atoms with Crippen molar-refractivity contribution in [3.05, 3.63) is 29.8 Å². The molecular weight excluding hydrogens is 324 g/mol. The van der Waals surface area contributed by atoms with Crippen LogP contribution in [0.5, 0.6) is 5.75 Å². The molecule has 1 aromatic carbocycles. The molecule has 0 aliphatic heterocycles. The van der Waals surface area contributed by atoms with Gasteiger partial charge in [-0.05, 0) is 26.8 Å². The third kappa shape index (κ3) is 6.45. The quantitative estimate of drug-likeness (QED) is 0.710. The number of carboxylic acids is 1. The van der Waals surface area contributed by atoms with E-state index in [1.54, 1.807) is 32.0 Å². The Morgan fingerprint density at radius 3 is 2.40 bits per heavy atom. The number of ether oxygens (including phenoxy) is 1. The van der Waals surface area contributed by atoms with Crippen LogP contribution in [-0.4, -0.2) is 47.0 Å². The van der Waals surface area contributed by atoms with Crippen LogP contribution in [0.2, 0.25) is 0 Å². The summed E-state index contributed by atoms with van der Waals surface area (Å²) in [6.45, 7) is 6.80. The zero-order chi connectivity index (χ0) is 19.0. The molecule has 138 valence electrons. The van der Waals surface area contributed by atoms with Gasteiger partial charge in [-0.1, -0.05) is 18.2 Å². The van der Waals surface area contributed by atoms with Crippen LogP contribution in [0.1, 0.15) is 45.7 Å². The Morgan fingerprint density at radius 1 is 1.24 bits per heavy atom. The second kappa shape index (κ2) is 9.66. The second-order valence-corrected chi connectivity index (χ2v) is 5.94. The van der Waals surface area contributed by atoms with E-state index in [4.69, 9.17) is 9.84 Å². The molecule has 0 heterocycles. The molecule has 1 rings (SSSR count). The Morgan fingerprint density at radius 2 is 1.88 bits per heavy atom. The minimum Gasteiger partial charge on any atom is -0.494 e. The zero-order valence-corrected chi connectivity index (χ0v) is 15.1. The molecule has 2 amide bonds. The first-order chi connectivity index (χ1) is 11.8. The molecule has 0 fully saturated rings. The van der Waals surface area contributed by atoms with Crippen molar-refractivity contribution in [2.24, 2.45) is 0 Å². The van der Waals surface area contributed by atoms with E-state index in [1.165, 1.54) is 11.8 Å². The SMILES string of the molecule is CCOc1ccccc1C(CC(=O)N(CC(=O)O)C(C)C)NC(C)=O. The number of nitrogens with zero attached hydrogens (tertiary/aromatic N) is 1. The minimum atomic E-state index is -1.08. The number of hydrogen-bond donors (Lipinski definition) is 2. The Balaban J connectivity index is 3.09. The summed E-state index contributed by atoms with van der Waals surface area (Å²) in [7, 11) is 0. The summed E-state index contributed by atoms with van der Waals surface area (Å²) in [6, 6.07) is 6.32. The smallest absolute Gasteiger partial charge is 0.323 e. The number of benzene rings is 1. The number of hydrogen-bond acceptors (Lipinski definition) is 4.